The lowest BCUT2D eigenvalue weighted by molar-refractivity contribution is 0.0828. The van der Waals surface area contributed by atoms with E-state index < -0.39 is 0 Å². The molecule has 0 N–H and O–H groups in total. The van der Waals surface area contributed by atoms with E-state index in [4.69, 9.17) is 4.74 Å². The summed E-state index contributed by atoms with van der Waals surface area (Å²) in [6.45, 7) is 0. The van der Waals surface area contributed by atoms with E-state index >= 15 is 0 Å². The van der Waals surface area contributed by atoms with Gasteiger partial charge in [0.15, 0.2) is 0 Å². The molecule has 4 nitrogen and oxygen atoms in total. The van der Waals surface area contributed by atoms with E-state index in [0.717, 1.165) is 17.1 Å². The Morgan fingerprint density at radius 3 is 2.38 bits per heavy atom. The van der Waals surface area contributed by atoms with Gasteiger partial charge in [0.05, 0.1) is 18.4 Å². The van der Waals surface area contributed by atoms with Gasteiger partial charge in [0.2, 0.25) is 0 Å². The standard InChI is InChI=1S/C17H20N2O2/c1-18(2)17(20)15-10-5-6-11-16(15)19(3)13-8-7-9-14(12-13)21-4/h5-12H,1-4H3. The highest BCUT2D eigenvalue weighted by Crippen LogP contribution is 2.29. The molecule has 0 fully saturated rings. The lowest BCUT2D eigenvalue weighted by Crippen LogP contribution is -2.24. The molecule has 0 aliphatic rings. The number of hydrogen-bond acceptors (Lipinski definition) is 3. The second-order valence-corrected chi connectivity index (χ2v) is 4.98. The highest BCUT2D eigenvalue weighted by Gasteiger charge is 2.16. The van der Waals surface area contributed by atoms with Gasteiger partial charge in [0.1, 0.15) is 5.75 Å². The van der Waals surface area contributed by atoms with Crippen LogP contribution in [0.5, 0.6) is 5.75 Å². The lowest BCUT2D eigenvalue weighted by Gasteiger charge is -2.23. The molecule has 0 saturated heterocycles. The molecule has 0 radical (unpaired) electrons. The zero-order valence-corrected chi connectivity index (χ0v) is 12.8. The highest BCUT2D eigenvalue weighted by atomic mass is 16.5. The molecule has 0 heterocycles. The van der Waals surface area contributed by atoms with Crippen molar-refractivity contribution in [3.63, 3.8) is 0 Å². The molecule has 2 aromatic rings. The van der Waals surface area contributed by atoms with Crippen LogP contribution in [-0.2, 0) is 0 Å². The normalized spacial score (nSPS) is 10.1. The summed E-state index contributed by atoms with van der Waals surface area (Å²) in [4.78, 5) is 15.9. The number of amides is 1. The number of methoxy groups -OCH3 is 1. The van der Waals surface area contributed by atoms with Gasteiger partial charge < -0.3 is 14.5 Å². The van der Waals surface area contributed by atoms with Crippen molar-refractivity contribution >= 4 is 17.3 Å². The van der Waals surface area contributed by atoms with Crippen molar-refractivity contribution in [3.8, 4) is 5.75 Å². The fourth-order valence-electron chi connectivity index (χ4n) is 2.15. The molecule has 0 aliphatic heterocycles. The predicted octanol–water partition coefficient (Wildman–Crippen LogP) is 3.16. The Bertz CT molecular complexity index is 638. The number of hydrogen-bond donors (Lipinski definition) is 0. The average Bonchev–Trinajstić information content (AvgIpc) is 2.53. The van der Waals surface area contributed by atoms with Gasteiger partial charge in [-0.15, -0.1) is 0 Å². The van der Waals surface area contributed by atoms with Crippen LogP contribution in [0.15, 0.2) is 48.5 Å². The summed E-state index contributed by atoms with van der Waals surface area (Å²) >= 11 is 0. The van der Waals surface area contributed by atoms with Gasteiger partial charge in [-0.1, -0.05) is 18.2 Å². The molecule has 0 unspecified atom stereocenters. The number of ether oxygens (including phenoxy) is 1. The highest BCUT2D eigenvalue weighted by molar-refractivity contribution is 6.00. The number of carbonyl (C=O) groups is 1. The first-order chi connectivity index (χ1) is 10.0. The largest absolute Gasteiger partial charge is 0.497 e. The van der Waals surface area contributed by atoms with Crippen molar-refractivity contribution in [3.05, 3.63) is 54.1 Å². The summed E-state index contributed by atoms with van der Waals surface area (Å²) in [5.41, 5.74) is 2.51. The first-order valence-corrected chi connectivity index (χ1v) is 6.73. The summed E-state index contributed by atoms with van der Waals surface area (Å²) in [5, 5.41) is 0. The second kappa shape index (κ2) is 6.31. The van der Waals surface area contributed by atoms with Crippen LogP contribution in [0.4, 0.5) is 11.4 Å². The van der Waals surface area contributed by atoms with Crippen LogP contribution in [0.2, 0.25) is 0 Å². The number of benzene rings is 2. The average molecular weight is 284 g/mol. The van der Waals surface area contributed by atoms with Crippen LogP contribution >= 0.6 is 0 Å². The Hall–Kier alpha value is -2.49. The molecule has 0 spiro atoms. The van der Waals surface area contributed by atoms with Crippen molar-refractivity contribution in [2.75, 3.05) is 33.2 Å². The van der Waals surface area contributed by atoms with Crippen LogP contribution in [0, 0.1) is 0 Å². The molecule has 0 aromatic heterocycles. The van der Waals surface area contributed by atoms with Gasteiger partial charge in [-0.3, -0.25) is 4.79 Å². The smallest absolute Gasteiger partial charge is 0.255 e. The van der Waals surface area contributed by atoms with Gasteiger partial charge in [-0.2, -0.15) is 0 Å². The number of rotatable bonds is 4. The molecule has 2 rings (SSSR count). The van der Waals surface area contributed by atoms with Crippen molar-refractivity contribution in [2.24, 2.45) is 0 Å². The zero-order valence-electron chi connectivity index (χ0n) is 12.8. The zero-order chi connectivity index (χ0) is 15.4. The number of anilines is 2. The predicted molar refractivity (Wildman–Crippen MR) is 85.5 cm³/mol. The van der Waals surface area contributed by atoms with Crippen LogP contribution < -0.4 is 9.64 Å². The fourth-order valence-corrected chi connectivity index (χ4v) is 2.15. The quantitative estimate of drug-likeness (QED) is 0.864. The van der Waals surface area contributed by atoms with Crippen LogP contribution in [0.3, 0.4) is 0 Å². The van der Waals surface area contributed by atoms with Gasteiger partial charge in [-0.25, -0.2) is 0 Å². The molecule has 0 atom stereocenters. The fraction of sp³-hybridized carbons (Fsp3) is 0.235. The van der Waals surface area contributed by atoms with Gasteiger partial charge in [-0.05, 0) is 24.3 Å². The first kappa shape index (κ1) is 14.9. The van der Waals surface area contributed by atoms with Gasteiger partial charge in [0, 0.05) is 32.9 Å². The van der Waals surface area contributed by atoms with Crippen LogP contribution in [0.25, 0.3) is 0 Å². The summed E-state index contributed by atoms with van der Waals surface area (Å²) < 4.78 is 5.25. The van der Waals surface area contributed by atoms with Crippen molar-refractivity contribution in [2.45, 2.75) is 0 Å². The molecule has 21 heavy (non-hydrogen) atoms. The van der Waals surface area contributed by atoms with Crippen molar-refractivity contribution in [1.29, 1.82) is 0 Å². The topological polar surface area (TPSA) is 32.8 Å². The molecule has 4 heteroatoms. The lowest BCUT2D eigenvalue weighted by atomic mass is 10.1. The van der Waals surface area contributed by atoms with Gasteiger partial charge in [0.25, 0.3) is 5.91 Å². The van der Waals surface area contributed by atoms with Crippen LogP contribution in [0.1, 0.15) is 10.4 Å². The monoisotopic (exact) mass is 284 g/mol. The summed E-state index contributed by atoms with van der Waals surface area (Å²) in [6.07, 6.45) is 0. The number of nitrogens with zero attached hydrogens (tertiary/aromatic N) is 2. The van der Waals surface area contributed by atoms with E-state index in [2.05, 4.69) is 0 Å². The molecule has 2 aromatic carbocycles. The van der Waals surface area contributed by atoms with E-state index in [1.165, 1.54) is 0 Å². The third kappa shape index (κ3) is 3.16. The maximum Gasteiger partial charge on any atom is 0.255 e. The third-order valence-corrected chi connectivity index (χ3v) is 3.34. The Morgan fingerprint density at radius 2 is 1.71 bits per heavy atom. The number of para-hydroxylation sites is 1. The van der Waals surface area contributed by atoms with E-state index in [1.54, 1.807) is 26.1 Å². The maximum absolute atomic E-state index is 12.3. The van der Waals surface area contributed by atoms with E-state index in [0.29, 0.717) is 5.56 Å². The first-order valence-electron chi connectivity index (χ1n) is 6.73. The Kier molecular flexibility index (Phi) is 4.48. The molecular formula is C17H20N2O2. The molecule has 1 amide bonds. The molecular weight excluding hydrogens is 264 g/mol. The van der Waals surface area contributed by atoms with Crippen molar-refractivity contribution < 1.29 is 9.53 Å². The van der Waals surface area contributed by atoms with E-state index in [9.17, 15) is 4.79 Å². The third-order valence-electron chi connectivity index (χ3n) is 3.34. The SMILES string of the molecule is COc1cccc(N(C)c2ccccc2C(=O)N(C)C)c1. The minimum absolute atomic E-state index is 0.0136. The van der Waals surface area contributed by atoms with Gasteiger partial charge >= 0.3 is 0 Å². The minimum atomic E-state index is -0.0136. The van der Waals surface area contributed by atoms with Crippen molar-refractivity contribution in [1.82, 2.24) is 4.90 Å². The minimum Gasteiger partial charge on any atom is -0.497 e. The molecule has 0 bridgehead atoms. The van der Waals surface area contributed by atoms with E-state index in [-0.39, 0.29) is 5.91 Å². The second-order valence-electron chi connectivity index (χ2n) is 4.98. The van der Waals surface area contributed by atoms with E-state index in [1.807, 2.05) is 60.5 Å². The Labute approximate surface area is 125 Å². The molecule has 0 aliphatic carbocycles. The number of carbonyl (C=O) groups excluding carboxylic acids is 1. The Balaban J connectivity index is 2.43. The Morgan fingerprint density at radius 1 is 1.00 bits per heavy atom. The molecule has 0 saturated carbocycles. The summed E-state index contributed by atoms with van der Waals surface area (Å²) in [6, 6.07) is 15.3. The summed E-state index contributed by atoms with van der Waals surface area (Å²) in [7, 11) is 7.09. The molecule has 110 valence electrons. The summed E-state index contributed by atoms with van der Waals surface area (Å²) in [5.74, 6) is 0.774. The maximum atomic E-state index is 12.3. The van der Waals surface area contributed by atoms with Crippen LogP contribution in [-0.4, -0.2) is 39.1 Å².